The molecule has 0 aliphatic carbocycles. The molecule has 22 heavy (non-hydrogen) atoms. The molecular weight excluding hydrogens is 372 g/mol. The van der Waals surface area contributed by atoms with E-state index in [1.54, 1.807) is 12.1 Å². The number of hydrogen-bond donors (Lipinski definition) is 0. The Bertz CT molecular complexity index is 657. The van der Waals surface area contributed by atoms with Gasteiger partial charge in [-0.2, -0.15) is 4.31 Å². The normalized spacial score (nSPS) is 20.1. The average molecular weight is 391 g/mol. The molecule has 3 rings (SSSR count). The first-order chi connectivity index (χ1) is 10.5. The second-order valence-electron chi connectivity index (χ2n) is 5.26. The number of ether oxygens (including phenoxy) is 2. The first-order valence-electron chi connectivity index (χ1n) is 7.34. The van der Waals surface area contributed by atoms with Crippen molar-refractivity contribution in [1.29, 1.82) is 0 Å². The van der Waals surface area contributed by atoms with Gasteiger partial charge in [-0.3, -0.25) is 0 Å². The highest BCUT2D eigenvalue weighted by Gasteiger charge is 2.31. The summed E-state index contributed by atoms with van der Waals surface area (Å²) < 4.78 is 38.8. The number of piperazine rings is 1. The van der Waals surface area contributed by atoms with Crippen molar-refractivity contribution in [3.8, 4) is 11.5 Å². The first-order valence-corrected chi connectivity index (χ1v) is 9.57. The molecule has 8 heteroatoms. The molecule has 0 aromatic heterocycles. The van der Waals surface area contributed by atoms with Crippen LogP contribution in [0.3, 0.4) is 0 Å². The summed E-state index contributed by atoms with van der Waals surface area (Å²) in [6.45, 7) is 6.49. The van der Waals surface area contributed by atoms with Gasteiger partial charge in [-0.15, -0.1) is 0 Å². The Hall–Kier alpha value is -0.830. The minimum Gasteiger partial charge on any atom is -0.486 e. The number of fused-ring (bicyclic) bond motifs is 1. The number of rotatable bonds is 3. The molecule has 1 aromatic carbocycles. The van der Waals surface area contributed by atoms with Crippen LogP contribution in [0.15, 0.2) is 21.5 Å². The Labute approximate surface area is 139 Å². The highest BCUT2D eigenvalue weighted by molar-refractivity contribution is 9.10. The predicted molar refractivity (Wildman–Crippen MR) is 86.0 cm³/mol. The van der Waals surface area contributed by atoms with Crippen molar-refractivity contribution in [3.05, 3.63) is 16.6 Å². The summed E-state index contributed by atoms with van der Waals surface area (Å²) in [6, 6.07) is 3.23. The van der Waals surface area contributed by atoms with Gasteiger partial charge in [0.1, 0.15) is 18.1 Å². The van der Waals surface area contributed by atoms with Gasteiger partial charge in [-0.1, -0.05) is 6.92 Å². The molecule has 1 fully saturated rings. The maximum atomic E-state index is 12.9. The van der Waals surface area contributed by atoms with E-state index >= 15 is 0 Å². The first kappa shape index (κ1) is 16.0. The zero-order valence-corrected chi connectivity index (χ0v) is 14.8. The molecule has 1 saturated heterocycles. The molecule has 0 amide bonds. The van der Waals surface area contributed by atoms with Crippen molar-refractivity contribution in [2.24, 2.45) is 0 Å². The monoisotopic (exact) mass is 390 g/mol. The van der Waals surface area contributed by atoms with Crippen molar-refractivity contribution in [1.82, 2.24) is 9.21 Å². The van der Waals surface area contributed by atoms with Gasteiger partial charge in [0.05, 0.1) is 0 Å². The number of hydrogen-bond acceptors (Lipinski definition) is 5. The summed E-state index contributed by atoms with van der Waals surface area (Å²) in [7, 11) is -3.53. The second kappa shape index (κ2) is 6.35. The molecule has 0 unspecified atom stereocenters. The van der Waals surface area contributed by atoms with E-state index in [0.717, 1.165) is 19.6 Å². The van der Waals surface area contributed by atoms with Gasteiger partial charge in [0, 0.05) is 36.7 Å². The lowest BCUT2D eigenvalue weighted by atomic mass is 10.3. The molecule has 6 nitrogen and oxygen atoms in total. The predicted octanol–water partition coefficient (Wildman–Crippen LogP) is 1.55. The fourth-order valence-corrected chi connectivity index (χ4v) is 5.09. The molecular formula is C14H19BrN2O4S. The van der Waals surface area contributed by atoms with Crippen molar-refractivity contribution in [2.45, 2.75) is 11.8 Å². The van der Waals surface area contributed by atoms with Crippen LogP contribution in [0.2, 0.25) is 0 Å². The summed E-state index contributed by atoms with van der Waals surface area (Å²) in [5.74, 6) is 1.06. The number of halogens is 1. The summed E-state index contributed by atoms with van der Waals surface area (Å²) in [5, 5.41) is 0. The Morgan fingerprint density at radius 1 is 1.09 bits per heavy atom. The average Bonchev–Trinajstić information content (AvgIpc) is 2.54. The molecule has 0 spiro atoms. The summed E-state index contributed by atoms with van der Waals surface area (Å²) >= 11 is 3.35. The smallest absolute Gasteiger partial charge is 0.244 e. The summed E-state index contributed by atoms with van der Waals surface area (Å²) in [4.78, 5) is 2.48. The van der Waals surface area contributed by atoms with Gasteiger partial charge in [0.2, 0.25) is 10.0 Å². The molecule has 122 valence electrons. The fourth-order valence-electron chi connectivity index (χ4n) is 2.67. The maximum Gasteiger partial charge on any atom is 0.244 e. The number of nitrogens with zero attached hydrogens (tertiary/aromatic N) is 2. The van der Waals surface area contributed by atoms with Gasteiger partial charge >= 0.3 is 0 Å². The van der Waals surface area contributed by atoms with E-state index < -0.39 is 10.0 Å². The highest BCUT2D eigenvalue weighted by Crippen LogP contribution is 2.38. The van der Waals surface area contributed by atoms with Crippen LogP contribution in [-0.4, -0.2) is 63.6 Å². The summed E-state index contributed by atoms with van der Waals surface area (Å²) in [5.41, 5.74) is 0. The lowest BCUT2D eigenvalue weighted by Crippen LogP contribution is -2.48. The van der Waals surface area contributed by atoms with Crippen molar-refractivity contribution < 1.29 is 17.9 Å². The van der Waals surface area contributed by atoms with Gasteiger partial charge in [-0.05, 0) is 28.5 Å². The van der Waals surface area contributed by atoms with Crippen LogP contribution in [0.1, 0.15) is 6.92 Å². The van der Waals surface area contributed by atoms with E-state index in [0.29, 0.717) is 42.3 Å². The van der Waals surface area contributed by atoms with Crippen LogP contribution in [0.5, 0.6) is 11.5 Å². The van der Waals surface area contributed by atoms with E-state index in [9.17, 15) is 8.42 Å². The SMILES string of the molecule is CCN1CCN(S(=O)(=O)c2cc3c(cc2Br)OCCO3)CC1. The number of sulfonamides is 1. The molecule has 0 saturated carbocycles. The summed E-state index contributed by atoms with van der Waals surface area (Å²) in [6.07, 6.45) is 0. The van der Waals surface area contributed by atoms with E-state index in [4.69, 9.17) is 9.47 Å². The Morgan fingerprint density at radius 2 is 1.68 bits per heavy atom. The van der Waals surface area contributed by atoms with Crippen LogP contribution in [-0.2, 0) is 10.0 Å². The zero-order valence-electron chi connectivity index (χ0n) is 12.4. The largest absolute Gasteiger partial charge is 0.486 e. The minimum atomic E-state index is -3.53. The molecule has 0 radical (unpaired) electrons. The zero-order chi connectivity index (χ0) is 15.7. The Kier molecular flexibility index (Phi) is 4.63. The third-order valence-corrected chi connectivity index (χ3v) is 6.85. The van der Waals surface area contributed by atoms with Crippen molar-refractivity contribution >= 4 is 26.0 Å². The number of likely N-dealkylation sites (N-methyl/N-ethyl adjacent to an activating group) is 1. The minimum absolute atomic E-state index is 0.238. The van der Waals surface area contributed by atoms with Crippen LogP contribution >= 0.6 is 15.9 Å². The highest BCUT2D eigenvalue weighted by atomic mass is 79.9. The molecule has 0 bridgehead atoms. The fraction of sp³-hybridized carbons (Fsp3) is 0.571. The molecule has 0 N–H and O–H groups in total. The number of benzene rings is 1. The molecule has 0 atom stereocenters. The molecule has 1 aromatic rings. The molecule has 2 heterocycles. The lowest BCUT2D eigenvalue weighted by Gasteiger charge is -2.33. The second-order valence-corrected chi connectivity index (χ2v) is 8.03. The lowest BCUT2D eigenvalue weighted by molar-refractivity contribution is 0.170. The maximum absolute atomic E-state index is 12.9. The van der Waals surface area contributed by atoms with E-state index in [1.807, 2.05) is 0 Å². The van der Waals surface area contributed by atoms with Gasteiger partial charge in [0.25, 0.3) is 0 Å². The quantitative estimate of drug-likeness (QED) is 0.783. The molecule has 2 aliphatic rings. The standard InChI is InChI=1S/C14H19BrN2O4S/c1-2-16-3-5-17(6-4-16)22(18,19)14-10-13-12(9-11(14)15)20-7-8-21-13/h9-10H,2-8H2,1H3. The van der Waals surface area contributed by atoms with Crippen LogP contribution in [0, 0.1) is 0 Å². The Morgan fingerprint density at radius 3 is 2.27 bits per heavy atom. The van der Waals surface area contributed by atoms with Crippen LogP contribution in [0.4, 0.5) is 0 Å². The van der Waals surface area contributed by atoms with E-state index in [2.05, 4.69) is 27.8 Å². The van der Waals surface area contributed by atoms with Gasteiger partial charge in [0.15, 0.2) is 11.5 Å². The van der Waals surface area contributed by atoms with Crippen molar-refractivity contribution in [3.63, 3.8) is 0 Å². The van der Waals surface area contributed by atoms with Gasteiger partial charge < -0.3 is 14.4 Å². The third kappa shape index (κ3) is 2.97. The Balaban J connectivity index is 1.89. The van der Waals surface area contributed by atoms with Crippen LogP contribution in [0.25, 0.3) is 0 Å². The van der Waals surface area contributed by atoms with Gasteiger partial charge in [-0.25, -0.2) is 8.42 Å². The molecule has 2 aliphatic heterocycles. The van der Waals surface area contributed by atoms with Crippen molar-refractivity contribution in [2.75, 3.05) is 45.9 Å². The van der Waals surface area contributed by atoms with Crippen LogP contribution < -0.4 is 9.47 Å². The van der Waals surface area contributed by atoms with E-state index in [-0.39, 0.29) is 4.90 Å². The van der Waals surface area contributed by atoms with E-state index in [1.165, 1.54) is 4.31 Å². The topological polar surface area (TPSA) is 59.1 Å². The third-order valence-electron chi connectivity index (χ3n) is 3.99.